The smallest absolute Gasteiger partial charge is 0.318 e. The zero-order valence-corrected chi connectivity index (χ0v) is 17.0. The lowest BCUT2D eigenvalue weighted by atomic mass is 9.64. The Morgan fingerprint density at radius 3 is 2.30 bits per heavy atom. The van der Waals surface area contributed by atoms with Gasteiger partial charge in [-0.3, -0.25) is 4.79 Å². The summed E-state index contributed by atoms with van der Waals surface area (Å²) >= 11 is 5.99. The number of ether oxygens (including phenoxy) is 2. The highest BCUT2D eigenvalue weighted by molar-refractivity contribution is 6.30. The van der Waals surface area contributed by atoms with Crippen LogP contribution in [-0.2, 0) is 14.9 Å². The van der Waals surface area contributed by atoms with Crippen LogP contribution >= 0.6 is 11.6 Å². The molecule has 0 bridgehead atoms. The molecule has 4 nitrogen and oxygen atoms in total. The van der Waals surface area contributed by atoms with Gasteiger partial charge < -0.3 is 9.47 Å². The van der Waals surface area contributed by atoms with E-state index >= 15 is 0 Å². The number of hydrogen-bond acceptors (Lipinski definition) is 4. The molecule has 0 aliphatic heterocycles. The Labute approximate surface area is 180 Å². The molecule has 1 atom stereocenters. The number of nitriles is 1. The number of carbonyl (C=O) groups excluding carboxylic acids is 1. The van der Waals surface area contributed by atoms with E-state index in [2.05, 4.69) is 6.07 Å². The third kappa shape index (κ3) is 4.03. The Morgan fingerprint density at radius 2 is 1.67 bits per heavy atom. The molecule has 0 aromatic heterocycles. The summed E-state index contributed by atoms with van der Waals surface area (Å²) in [6.45, 7) is 0. The van der Waals surface area contributed by atoms with E-state index in [9.17, 15) is 10.1 Å². The van der Waals surface area contributed by atoms with Crippen LogP contribution in [0, 0.1) is 11.3 Å². The van der Waals surface area contributed by atoms with Crippen molar-refractivity contribution in [2.24, 2.45) is 0 Å². The standard InChI is InChI=1S/C25H20ClNO3/c26-20-12-10-19(11-13-20)25(14-5-15-25)24(28)30-23(17-27)18-6-4-9-22(16-18)29-21-7-2-1-3-8-21/h1-4,6-13,16,23H,5,14-15H2. The van der Waals surface area contributed by atoms with E-state index in [1.54, 1.807) is 36.4 Å². The van der Waals surface area contributed by atoms with E-state index in [0.717, 1.165) is 12.0 Å². The predicted octanol–water partition coefficient (Wildman–Crippen LogP) is 6.36. The number of rotatable bonds is 6. The molecule has 3 aromatic carbocycles. The van der Waals surface area contributed by atoms with E-state index in [1.165, 1.54) is 0 Å². The normalized spacial score (nSPS) is 15.3. The third-order valence-corrected chi connectivity index (χ3v) is 5.73. The summed E-state index contributed by atoms with van der Waals surface area (Å²) in [5.74, 6) is 0.888. The fourth-order valence-corrected chi connectivity index (χ4v) is 3.79. The first-order valence-corrected chi connectivity index (χ1v) is 10.2. The minimum absolute atomic E-state index is 0.378. The summed E-state index contributed by atoms with van der Waals surface area (Å²) in [7, 11) is 0. The lowest BCUT2D eigenvalue weighted by molar-refractivity contribution is -0.158. The molecule has 0 amide bonds. The maximum absolute atomic E-state index is 13.1. The van der Waals surface area contributed by atoms with Gasteiger partial charge >= 0.3 is 5.97 Å². The van der Waals surface area contributed by atoms with Crippen LogP contribution < -0.4 is 4.74 Å². The van der Waals surface area contributed by atoms with Gasteiger partial charge in [0.2, 0.25) is 6.10 Å². The van der Waals surface area contributed by atoms with Crippen molar-refractivity contribution in [1.29, 1.82) is 5.26 Å². The summed E-state index contributed by atoms with van der Waals surface area (Å²) < 4.78 is 11.5. The second-order valence-corrected chi connectivity index (χ2v) is 7.78. The van der Waals surface area contributed by atoms with Crippen LogP contribution in [0.2, 0.25) is 5.02 Å². The molecular weight excluding hydrogens is 398 g/mol. The molecule has 150 valence electrons. The zero-order chi connectivity index (χ0) is 21.0. The number of halogens is 1. The Morgan fingerprint density at radius 1 is 0.967 bits per heavy atom. The highest BCUT2D eigenvalue weighted by Gasteiger charge is 2.48. The van der Waals surface area contributed by atoms with Gasteiger partial charge in [0.1, 0.15) is 17.6 Å². The number of hydrogen-bond donors (Lipinski definition) is 0. The molecule has 0 heterocycles. The molecule has 1 fully saturated rings. The topological polar surface area (TPSA) is 59.3 Å². The lowest BCUT2D eigenvalue weighted by Gasteiger charge is -2.40. The Hall–Kier alpha value is -3.29. The Kier molecular flexibility index (Phi) is 5.74. The quantitative estimate of drug-likeness (QED) is 0.437. The van der Waals surface area contributed by atoms with Gasteiger partial charge in [0.25, 0.3) is 0 Å². The Bertz CT molecular complexity index is 1070. The second-order valence-electron chi connectivity index (χ2n) is 7.34. The van der Waals surface area contributed by atoms with E-state index < -0.39 is 11.5 Å². The first-order chi connectivity index (χ1) is 14.6. The lowest BCUT2D eigenvalue weighted by Crippen LogP contribution is -2.44. The van der Waals surface area contributed by atoms with Gasteiger partial charge in [0.15, 0.2) is 0 Å². The average molecular weight is 418 g/mol. The van der Waals surface area contributed by atoms with Gasteiger partial charge in [-0.15, -0.1) is 0 Å². The van der Waals surface area contributed by atoms with Crippen molar-refractivity contribution in [3.05, 3.63) is 95.0 Å². The van der Waals surface area contributed by atoms with Crippen LogP contribution in [0.1, 0.15) is 36.5 Å². The number of benzene rings is 3. The molecule has 5 heteroatoms. The number of nitrogens with zero attached hydrogens (tertiary/aromatic N) is 1. The molecule has 0 spiro atoms. The van der Waals surface area contributed by atoms with Crippen LogP contribution in [-0.4, -0.2) is 5.97 Å². The van der Waals surface area contributed by atoms with E-state index in [-0.39, 0.29) is 5.97 Å². The van der Waals surface area contributed by atoms with Crippen molar-refractivity contribution in [2.45, 2.75) is 30.8 Å². The van der Waals surface area contributed by atoms with Crippen LogP contribution in [0.15, 0.2) is 78.9 Å². The maximum atomic E-state index is 13.1. The van der Waals surface area contributed by atoms with Crippen molar-refractivity contribution < 1.29 is 14.3 Å². The van der Waals surface area contributed by atoms with Crippen LogP contribution in [0.3, 0.4) is 0 Å². The molecule has 30 heavy (non-hydrogen) atoms. The van der Waals surface area contributed by atoms with Crippen molar-refractivity contribution in [1.82, 2.24) is 0 Å². The van der Waals surface area contributed by atoms with E-state index in [1.807, 2.05) is 42.5 Å². The fourth-order valence-electron chi connectivity index (χ4n) is 3.66. The summed E-state index contributed by atoms with van der Waals surface area (Å²) in [5.41, 5.74) is 0.739. The van der Waals surface area contributed by atoms with Crippen molar-refractivity contribution in [3.63, 3.8) is 0 Å². The van der Waals surface area contributed by atoms with E-state index in [4.69, 9.17) is 21.1 Å². The highest BCUT2D eigenvalue weighted by atomic mass is 35.5. The molecule has 1 aliphatic carbocycles. The molecule has 1 saturated carbocycles. The third-order valence-electron chi connectivity index (χ3n) is 5.48. The predicted molar refractivity (Wildman–Crippen MR) is 114 cm³/mol. The van der Waals surface area contributed by atoms with Gasteiger partial charge in [0.05, 0.1) is 5.41 Å². The molecule has 1 unspecified atom stereocenters. The summed E-state index contributed by atoms with van der Waals surface area (Å²) in [4.78, 5) is 13.1. The largest absolute Gasteiger partial charge is 0.457 e. The molecule has 3 aromatic rings. The van der Waals surface area contributed by atoms with Crippen LogP contribution in [0.4, 0.5) is 0 Å². The summed E-state index contributed by atoms with van der Waals surface area (Å²) in [5, 5.41) is 10.3. The van der Waals surface area contributed by atoms with Gasteiger partial charge in [-0.2, -0.15) is 5.26 Å². The molecule has 0 radical (unpaired) electrons. The monoisotopic (exact) mass is 417 g/mol. The Balaban J connectivity index is 1.53. The minimum atomic E-state index is -1.01. The second kappa shape index (κ2) is 8.61. The first kappa shape index (κ1) is 20.0. The van der Waals surface area contributed by atoms with Crippen molar-refractivity contribution in [3.8, 4) is 17.6 Å². The number of carbonyl (C=O) groups is 1. The van der Waals surface area contributed by atoms with Gasteiger partial charge in [-0.1, -0.05) is 60.5 Å². The average Bonchev–Trinajstić information content (AvgIpc) is 2.73. The zero-order valence-electron chi connectivity index (χ0n) is 16.3. The number of esters is 1. The number of para-hydroxylation sites is 1. The molecular formula is C25H20ClNO3. The maximum Gasteiger partial charge on any atom is 0.318 e. The summed E-state index contributed by atoms with van der Waals surface area (Å²) in [6, 6.07) is 25.8. The highest BCUT2D eigenvalue weighted by Crippen LogP contribution is 2.46. The van der Waals surface area contributed by atoms with E-state index in [0.29, 0.717) is 34.9 Å². The fraction of sp³-hybridized carbons (Fsp3) is 0.200. The van der Waals surface area contributed by atoms with Crippen LogP contribution in [0.5, 0.6) is 11.5 Å². The molecule has 0 saturated heterocycles. The van der Waals surface area contributed by atoms with Gasteiger partial charge in [-0.25, -0.2) is 0 Å². The van der Waals surface area contributed by atoms with Crippen LogP contribution in [0.25, 0.3) is 0 Å². The first-order valence-electron chi connectivity index (χ1n) is 9.80. The van der Waals surface area contributed by atoms with Crippen molar-refractivity contribution >= 4 is 17.6 Å². The summed E-state index contributed by atoms with van der Waals surface area (Å²) in [6.07, 6.45) is 1.32. The van der Waals surface area contributed by atoms with Gasteiger partial charge in [-0.05, 0) is 54.8 Å². The molecule has 4 rings (SSSR count). The van der Waals surface area contributed by atoms with Gasteiger partial charge in [0, 0.05) is 10.6 Å². The minimum Gasteiger partial charge on any atom is -0.457 e. The molecule has 1 aliphatic rings. The molecule has 0 N–H and O–H groups in total. The SMILES string of the molecule is N#CC(OC(=O)C1(c2ccc(Cl)cc2)CCC1)c1cccc(Oc2ccccc2)c1. The van der Waals surface area contributed by atoms with Crippen molar-refractivity contribution in [2.75, 3.05) is 0 Å².